The number of rotatable bonds is 10. The Morgan fingerprint density at radius 1 is 1.21 bits per heavy atom. The Balaban J connectivity index is 2.81. The van der Waals surface area contributed by atoms with Gasteiger partial charge in [0.2, 0.25) is 5.91 Å². The summed E-state index contributed by atoms with van der Waals surface area (Å²) in [6, 6.07) is 3.85. The average Bonchev–Trinajstić information content (AvgIpc) is 2.62. The van der Waals surface area contributed by atoms with Crippen molar-refractivity contribution in [1.82, 2.24) is 15.8 Å². The maximum atomic E-state index is 12.9. The molecule has 11 heteroatoms. The molecule has 5 N–H and O–H groups in total. The van der Waals surface area contributed by atoms with Crippen molar-refractivity contribution in [2.75, 3.05) is 13.2 Å². The van der Waals surface area contributed by atoms with Crippen molar-refractivity contribution >= 4 is 23.8 Å². The smallest absolute Gasteiger partial charge is 0.405 e. The number of amides is 4. The van der Waals surface area contributed by atoms with Gasteiger partial charge in [0.25, 0.3) is 11.8 Å². The van der Waals surface area contributed by atoms with E-state index in [1.807, 2.05) is 0 Å². The van der Waals surface area contributed by atoms with E-state index in [4.69, 9.17) is 15.6 Å². The Morgan fingerprint density at radius 2 is 1.83 bits per heavy atom. The van der Waals surface area contributed by atoms with E-state index in [9.17, 15) is 23.6 Å². The van der Waals surface area contributed by atoms with Crippen molar-refractivity contribution in [3.8, 4) is 5.75 Å². The lowest BCUT2D eigenvalue weighted by atomic mass is 10.0. The fraction of sp³-hybridized carbons (Fsp3) is 0.444. The third-order valence-electron chi connectivity index (χ3n) is 3.63. The number of carboxylic acid groups (broad SMARTS) is 1. The highest BCUT2D eigenvalue weighted by Gasteiger charge is 2.25. The van der Waals surface area contributed by atoms with Crippen LogP contribution in [0.25, 0.3) is 0 Å². The molecule has 0 bridgehead atoms. The minimum absolute atomic E-state index is 0.00539. The first-order valence-electron chi connectivity index (χ1n) is 8.85. The lowest BCUT2D eigenvalue weighted by molar-refractivity contribution is -0.144. The standard InChI is InChI=1S/C18H25FN4O6/c1-11(2)9-14(21-18(27)28)17(26)22-23(8-7-15(20)24)16(25)10-29-13-5-3-12(19)4-6-13/h3-6,11,14,21H,7-10H2,1-2H3,(H2,20,24)(H,22,26)(H,27,28)/t14-/m0/s1. The van der Waals surface area contributed by atoms with E-state index in [-0.39, 0.29) is 31.1 Å². The number of nitrogens with two attached hydrogens (primary N) is 1. The molecule has 1 aromatic rings. The molecule has 0 aromatic heterocycles. The van der Waals surface area contributed by atoms with Gasteiger partial charge in [-0.3, -0.25) is 24.8 Å². The number of primary amides is 1. The van der Waals surface area contributed by atoms with Crippen LogP contribution >= 0.6 is 0 Å². The Bertz CT molecular complexity index is 726. The predicted octanol–water partition coefficient (Wildman–Crippen LogP) is 0.622. The molecule has 1 rings (SSSR count). The largest absolute Gasteiger partial charge is 0.484 e. The van der Waals surface area contributed by atoms with E-state index in [0.29, 0.717) is 0 Å². The molecule has 0 aliphatic rings. The quantitative estimate of drug-likeness (QED) is 0.414. The number of ether oxygens (including phenoxy) is 1. The number of hydrazine groups is 1. The van der Waals surface area contributed by atoms with E-state index >= 15 is 0 Å². The Morgan fingerprint density at radius 3 is 2.34 bits per heavy atom. The van der Waals surface area contributed by atoms with Gasteiger partial charge in [0.15, 0.2) is 6.61 Å². The predicted molar refractivity (Wildman–Crippen MR) is 100.0 cm³/mol. The van der Waals surface area contributed by atoms with E-state index in [1.165, 1.54) is 12.1 Å². The van der Waals surface area contributed by atoms with Crippen molar-refractivity contribution in [3.05, 3.63) is 30.1 Å². The second-order valence-corrected chi connectivity index (χ2v) is 6.61. The molecular formula is C18H25FN4O6. The first-order chi connectivity index (χ1) is 13.6. The molecule has 0 fully saturated rings. The van der Waals surface area contributed by atoms with Gasteiger partial charge >= 0.3 is 6.09 Å². The lowest BCUT2D eigenvalue weighted by Crippen LogP contribution is -2.55. The number of halogens is 1. The normalized spacial score (nSPS) is 11.4. The Labute approximate surface area is 167 Å². The monoisotopic (exact) mass is 412 g/mol. The maximum Gasteiger partial charge on any atom is 0.405 e. The van der Waals surface area contributed by atoms with Crippen molar-refractivity contribution < 1.29 is 33.4 Å². The zero-order valence-corrected chi connectivity index (χ0v) is 16.2. The summed E-state index contributed by atoms with van der Waals surface area (Å²) in [5.74, 6) is -2.41. The molecule has 0 saturated carbocycles. The van der Waals surface area contributed by atoms with Crippen LogP contribution in [0.2, 0.25) is 0 Å². The molecule has 0 spiro atoms. The molecule has 160 valence electrons. The number of nitrogens with zero attached hydrogens (tertiary/aromatic N) is 1. The highest BCUT2D eigenvalue weighted by Crippen LogP contribution is 2.11. The second kappa shape index (κ2) is 11.5. The maximum absolute atomic E-state index is 12.9. The highest BCUT2D eigenvalue weighted by atomic mass is 19.1. The Kier molecular flexibility index (Phi) is 9.36. The van der Waals surface area contributed by atoms with Crippen LogP contribution in [-0.2, 0) is 14.4 Å². The van der Waals surface area contributed by atoms with E-state index in [1.54, 1.807) is 13.8 Å². The van der Waals surface area contributed by atoms with Crippen molar-refractivity contribution in [1.29, 1.82) is 0 Å². The molecular weight excluding hydrogens is 387 g/mol. The fourth-order valence-corrected chi connectivity index (χ4v) is 2.28. The summed E-state index contributed by atoms with van der Waals surface area (Å²) in [5.41, 5.74) is 7.40. The summed E-state index contributed by atoms with van der Waals surface area (Å²) >= 11 is 0. The van der Waals surface area contributed by atoms with E-state index < -0.39 is 42.3 Å². The van der Waals surface area contributed by atoms with Crippen LogP contribution in [0.15, 0.2) is 24.3 Å². The lowest BCUT2D eigenvalue weighted by Gasteiger charge is -2.26. The summed E-state index contributed by atoms with van der Waals surface area (Å²) < 4.78 is 18.2. The first kappa shape index (κ1) is 23.7. The van der Waals surface area contributed by atoms with Crippen LogP contribution in [0, 0.1) is 11.7 Å². The summed E-state index contributed by atoms with van der Waals surface area (Å²) in [7, 11) is 0. The molecule has 1 atom stereocenters. The van der Waals surface area contributed by atoms with Gasteiger partial charge in [-0.2, -0.15) is 0 Å². The van der Waals surface area contributed by atoms with Crippen LogP contribution in [0.1, 0.15) is 26.7 Å². The number of hydrogen-bond donors (Lipinski definition) is 4. The second-order valence-electron chi connectivity index (χ2n) is 6.61. The summed E-state index contributed by atoms with van der Waals surface area (Å²) in [4.78, 5) is 46.9. The molecule has 0 unspecified atom stereocenters. The SMILES string of the molecule is CC(C)C[C@H](NC(=O)O)C(=O)NN(CCC(N)=O)C(=O)COc1ccc(F)cc1. The van der Waals surface area contributed by atoms with E-state index in [0.717, 1.165) is 17.1 Å². The number of nitrogens with one attached hydrogen (secondary N) is 2. The molecule has 4 amide bonds. The summed E-state index contributed by atoms with van der Waals surface area (Å²) in [6.07, 6.45) is -1.42. The van der Waals surface area contributed by atoms with Gasteiger partial charge < -0.3 is 20.9 Å². The zero-order valence-electron chi connectivity index (χ0n) is 16.2. The molecule has 0 radical (unpaired) electrons. The minimum atomic E-state index is -1.39. The van der Waals surface area contributed by atoms with Crippen molar-refractivity contribution in [2.24, 2.45) is 11.7 Å². The fourth-order valence-electron chi connectivity index (χ4n) is 2.28. The van der Waals surface area contributed by atoms with Gasteiger partial charge in [0.1, 0.15) is 17.6 Å². The molecule has 29 heavy (non-hydrogen) atoms. The highest BCUT2D eigenvalue weighted by molar-refractivity contribution is 5.88. The van der Waals surface area contributed by atoms with Gasteiger partial charge in [0, 0.05) is 6.42 Å². The third-order valence-corrected chi connectivity index (χ3v) is 3.63. The van der Waals surface area contributed by atoms with Gasteiger partial charge in [-0.15, -0.1) is 0 Å². The topological polar surface area (TPSA) is 151 Å². The van der Waals surface area contributed by atoms with Crippen molar-refractivity contribution in [3.63, 3.8) is 0 Å². The first-order valence-corrected chi connectivity index (χ1v) is 8.85. The molecule has 1 aromatic carbocycles. The van der Waals surface area contributed by atoms with Gasteiger partial charge in [-0.25, -0.2) is 9.18 Å². The van der Waals surface area contributed by atoms with E-state index in [2.05, 4.69) is 10.7 Å². The molecule has 0 aliphatic carbocycles. The van der Waals surface area contributed by atoms with Crippen LogP contribution < -0.4 is 21.2 Å². The number of carbonyl (C=O) groups excluding carboxylic acids is 3. The number of benzene rings is 1. The molecule has 10 nitrogen and oxygen atoms in total. The van der Waals surface area contributed by atoms with Crippen LogP contribution in [0.4, 0.5) is 9.18 Å². The van der Waals surface area contributed by atoms with Gasteiger partial charge in [-0.05, 0) is 36.6 Å². The number of carbonyl (C=O) groups is 4. The molecule has 0 heterocycles. The van der Waals surface area contributed by atoms with Crippen molar-refractivity contribution in [2.45, 2.75) is 32.7 Å². The Hall–Kier alpha value is -3.37. The van der Waals surface area contributed by atoms with Crippen LogP contribution in [0.3, 0.4) is 0 Å². The van der Waals surface area contributed by atoms with Crippen LogP contribution in [-0.4, -0.2) is 53.1 Å². The third kappa shape index (κ3) is 9.40. The minimum Gasteiger partial charge on any atom is -0.484 e. The average molecular weight is 412 g/mol. The summed E-state index contributed by atoms with van der Waals surface area (Å²) in [6.45, 7) is 2.87. The van der Waals surface area contributed by atoms with Gasteiger partial charge in [-0.1, -0.05) is 13.8 Å². The zero-order chi connectivity index (χ0) is 22.0. The number of hydrogen-bond acceptors (Lipinski definition) is 5. The molecule has 0 aliphatic heterocycles. The van der Waals surface area contributed by atoms with Crippen LogP contribution in [0.5, 0.6) is 5.75 Å². The van der Waals surface area contributed by atoms with Gasteiger partial charge in [0.05, 0.1) is 6.54 Å². The molecule has 0 saturated heterocycles. The summed E-state index contributed by atoms with van der Waals surface area (Å²) in [5, 5.41) is 11.8.